The van der Waals surface area contributed by atoms with Gasteiger partial charge in [-0.2, -0.15) is 0 Å². The average molecular weight is 345 g/mol. The second kappa shape index (κ2) is 7.68. The van der Waals surface area contributed by atoms with Gasteiger partial charge in [-0.3, -0.25) is 19.1 Å². The fourth-order valence-electron chi connectivity index (χ4n) is 2.32. The van der Waals surface area contributed by atoms with Crippen molar-refractivity contribution in [1.29, 1.82) is 0 Å². The van der Waals surface area contributed by atoms with E-state index >= 15 is 0 Å². The molecule has 0 spiro atoms. The summed E-state index contributed by atoms with van der Waals surface area (Å²) in [6.45, 7) is -1.04. The van der Waals surface area contributed by atoms with Crippen molar-refractivity contribution >= 4 is 11.6 Å². The molecule has 0 aliphatic carbocycles. The Morgan fingerprint density at radius 1 is 1.46 bits per heavy atom. The van der Waals surface area contributed by atoms with E-state index in [4.69, 9.17) is 14.9 Å². The number of aliphatic hydroxyl groups is 4. The van der Waals surface area contributed by atoms with Crippen molar-refractivity contribution in [1.82, 2.24) is 9.55 Å². The lowest BCUT2D eigenvalue weighted by Crippen LogP contribution is -2.35. The first kappa shape index (κ1) is 18.3. The van der Waals surface area contributed by atoms with E-state index in [2.05, 4.69) is 5.32 Å². The summed E-state index contributed by atoms with van der Waals surface area (Å²) in [6, 6.07) is 0. The average Bonchev–Trinajstić information content (AvgIpc) is 2.90. The number of aromatic amines is 1. The van der Waals surface area contributed by atoms with Crippen LogP contribution >= 0.6 is 0 Å². The van der Waals surface area contributed by atoms with Gasteiger partial charge in [-0.1, -0.05) is 0 Å². The molecule has 0 radical (unpaired) electrons. The zero-order valence-corrected chi connectivity index (χ0v) is 12.6. The van der Waals surface area contributed by atoms with Gasteiger partial charge < -0.3 is 30.5 Å². The van der Waals surface area contributed by atoms with Crippen LogP contribution in [0.3, 0.4) is 0 Å². The lowest BCUT2D eigenvalue weighted by atomic mass is 10.2. The van der Waals surface area contributed by atoms with Gasteiger partial charge in [0.2, 0.25) is 5.91 Å². The summed E-state index contributed by atoms with van der Waals surface area (Å²) in [5.74, 6) is -0.729. The molecule has 6 N–H and O–H groups in total. The summed E-state index contributed by atoms with van der Waals surface area (Å²) in [6.07, 6.45) is -3.37. The third-order valence-electron chi connectivity index (χ3n) is 3.57. The standard InChI is InChI=1S/C13H19N3O8/c17-4-6(19)1-10(21)14-7-3-16(13(23)15-12(7)22)11-2-8(20)9(5-18)24-11/h3,6,8-9,11,17-20H,1-2,4-5H2,(H,14,21)(H,15,22,23)/t6?,8?,9-,11-/m0/s1. The molecule has 2 heterocycles. The van der Waals surface area contributed by atoms with Gasteiger partial charge in [-0.15, -0.1) is 0 Å². The normalized spacial score (nSPS) is 24.8. The van der Waals surface area contributed by atoms with Crippen molar-refractivity contribution in [3.63, 3.8) is 0 Å². The van der Waals surface area contributed by atoms with E-state index in [-0.39, 0.29) is 12.1 Å². The van der Waals surface area contributed by atoms with E-state index in [9.17, 15) is 24.6 Å². The maximum atomic E-state index is 11.9. The maximum absolute atomic E-state index is 11.9. The lowest BCUT2D eigenvalue weighted by Gasteiger charge is -2.15. The van der Waals surface area contributed by atoms with Crippen LogP contribution in [0.4, 0.5) is 5.69 Å². The number of aromatic nitrogens is 2. The number of H-pyrrole nitrogens is 1. The molecule has 1 fully saturated rings. The fraction of sp³-hybridized carbons (Fsp3) is 0.615. The molecule has 1 saturated heterocycles. The van der Waals surface area contributed by atoms with Gasteiger partial charge in [0, 0.05) is 12.6 Å². The Labute approximate surface area is 135 Å². The van der Waals surface area contributed by atoms with Gasteiger partial charge in [0.25, 0.3) is 5.56 Å². The maximum Gasteiger partial charge on any atom is 0.330 e. The molecule has 11 nitrogen and oxygen atoms in total. The number of anilines is 1. The highest BCUT2D eigenvalue weighted by Gasteiger charge is 2.35. The molecule has 2 rings (SSSR count). The van der Waals surface area contributed by atoms with Gasteiger partial charge in [-0.05, 0) is 0 Å². The SMILES string of the molecule is O=C(CC(O)CO)Nc1cn([C@@H]2CC(O)[C@H](CO)O2)c(=O)[nH]c1=O. The summed E-state index contributed by atoms with van der Waals surface area (Å²) in [5, 5.41) is 38.9. The number of nitrogens with zero attached hydrogens (tertiary/aromatic N) is 1. The number of ether oxygens (including phenoxy) is 1. The van der Waals surface area contributed by atoms with Crippen LogP contribution in [0.2, 0.25) is 0 Å². The van der Waals surface area contributed by atoms with Crippen LogP contribution in [-0.4, -0.2) is 67.4 Å². The molecule has 1 aliphatic rings. The number of aliphatic hydroxyl groups excluding tert-OH is 4. The Hall–Kier alpha value is -2.05. The molecule has 4 atom stereocenters. The Balaban J connectivity index is 2.21. The molecule has 0 saturated carbocycles. The van der Waals surface area contributed by atoms with Crippen molar-refractivity contribution < 1.29 is 30.0 Å². The molecular formula is C13H19N3O8. The van der Waals surface area contributed by atoms with Crippen LogP contribution in [0.25, 0.3) is 0 Å². The molecule has 2 unspecified atom stereocenters. The van der Waals surface area contributed by atoms with Crippen LogP contribution < -0.4 is 16.6 Å². The van der Waals surface area contributed by atoms with Crippen LogP contribution in [0, 0.1) is 0 Å². The predicted molar refractivity (Wildman–Crippen MR) is 79.3 cm³/mol. The molecule has 1 amide bonds. The van der Waals surface area contributed by atoms with E-state index in [0.29, 0.717) is 0 Å². The van der Waals surface area contributed by atoms with Gasteiger partial charge in [0.05, 0.1) is 31.8 Å². The number of amides is 1. The van der Waals surface area contributed by atoms with Gasteiger partial charge in [0.15, 0.2) is 0 Å². The number of nitrogens with one attached hydrogen (secondary N) is 2. The minimum atomic E-state index is -1.27. The largest absolute Gasteiger partial charge is 0.394 e. The van der Waals surface area contributed by atoms with Gasteiger partial charge in [-0.25, -0.2) is 4.79 Å². The van der Waals surface area contributed by atoms with Gasteiger partial charge >= 0.3 is 5.69 Å². The molecule has 11 heteroatoms. The van der Waals surface area contributed by atoms with Crippen LogP contribution in [0.15, 0.2) is 15.8 Å². The summed E-state index contributed by atoms with van der Waals surface area (Å²) in [4.78, 5) is 37.3. The molecule has 1 aromatic heterocycles. The van der Waals surface area contributed by atoms with E-state index in [1.54, 1.807) is 0 Å². The topological polar surface area (TPSA) is 174 Å². The first-order valence-corrected chi connectivity index (χ1v) is 7.24. The lowest BCUT2D eigenvalue weighted by molar-refractivity contribution is -0.118. The van der Waals surface area contributed by atoms with Crippen molar-refractivity contribution in [2.45, 2.75) is 37.4 Å². The van der Waals surface area contributed by atoms with E-state index in [0.717, 1.165) is 10.8 Å². The van der Waals surface area contributed by atoms with Crippen molar-refractivity contribution in [3.05, 3.63) is 27.0 Å². The second-order valence-corrected chi connectivity index (χ2v) is 5.41. The number of rotatable bonds is 6. The van der Waals surface area contributed by atoms with E-state index in [1.807, 2.05) is 4.98 Å². The summed E-state index contributed by atoms with van der Waals surface area (Å²) in [7, 11) is 0. The molecule has 1 aromatic rings. The Kier molecular flexibility index (Phi) is 5.85. The third kappa shape index (κ3) is 4.07. The highest BCUT2D eigenvalue weighted by atomic mass is 16.5. The first-order chi connectivity index (χ1) is 11.3. The highest BCUT2D eigenvalue weighted by Crippen LogP contribution is 2.27. The van der Waals surface area contributed by atoms with Crippen molar-refractivity contribution in [3.8, 4) is 0 Å². The highest BCUT2D eigenvalue weighted by molar-refractivity contribution is 5.90. The van der Waals surface area contributed by atoms with Crippen LogP contribution in [0.1, 0.15) is 19.1 Å². The zero-order valence-electron chi connectivity index (χ0n) is 12.6. The Morgan fingerprint density at radius 3 is 2.75 bits per heavy atom. The molecule has 0 bridgehead atoms. The summed E-state index contributed by atoms with van der Waals surface area (Å²) in [5.41, 5.74) is -1.90. The number of hydrogen-bond donors (Lipinski definition) is 6. The molecule has 24 heavy (non-hydrogen) atoms. The quantitative estimate of drug-likeness (QED) is 0.313. The Bertz CT molecular complexity index is 699. The van der Waals surface area contributed by atoms with Crippen molar-refractivity contribution in [2.24, 2.45) is 0 Å². The second-order valence-electron chi connectivity index (χ2n) is 5.41. The molecule has 1 aliphatic heterocycles. The van der Waals surface area contributed by atoms with Gasteiger partial charge in [0.1, 0.15) is 18.0 Å². The zero-order chi connectivity index (χ0) is 17.9. The van der Waals surface area contributed by atoms with E-state index in [1.165, 1.54) is 0 Å². The minimum Gasteiger partial charge on any atom is -0.394 e. The summed E-state index contributed by atoms with van der Waals surface area (Å²) < 4.78 is 6.31. The number of carbonyl (C=O) groups excluding carboxylic acids is 1. The fourth-order valence-corrected chi connectivity index (χ4v) is 2.32. The Morgan fingerprint density at radius 2 is 2.17 bits per heavy atom. The smallest absolute Gasteiger partial charge is 0.330 e. The monoisotopic (exact) mass is 345 g/mol. The minimum absolute atomic E-state index is 0.0216. The third-order valence-corrected chi connectivity index (χ3v) is 3.57. The summed E-state index contributed by atoms with van der Waals surface area (Å²) >= 11 is 0. The molecular weight excluding hydrogens is 326 g/mol. The first-order valence-electron chi connectivity index (χ1n) is 7.24. The molecule has 134 valence electrons. The molecule has 0 aromatic carbocycles. The van der Waals surface area contributed by atoms with E-state index < -0.39 is 61.3 Å². The predicted octanol–water partition coefficient (Wildman–Crippen LogP) is -3.14. The number of hydrogen-bond acceptors (Lipinski definition) is 8. The van der Waals surface area contributed by atoms with Crippen LogP contribution in [0.5, 0.6) is 0 Å². The van der Waals surface area contributed by atoms with Crippen molar-refractivity contribution in [2.75, 3.05) is 18.5 Å². The van der Waals surface area contributed by atoms with Crippen LogP contribution in [-0.2, 0) is 9.53 Å². The number of carbonyl (C=O) groups is 1.